The first kappa shape index (κ1) is 24.1. The van der Waals surface area contributed by atoms with E-state index < -0.39 is 0 Å². The van der Waals surface area contributed by atoms with Crippen LogP contribution < -0.4 is 10.9 Å². The third-order valence-corrected chi connectivity index (χ3v) is 6.87. The molecule has 8 nitrogen and oxygen atoms in total. The Balaban J connectivity index is 1.52. The lowest BCUT2D eigenvalue weighted by molar-refractivity contribution is -0.113. The van der Waals surface area contributed by atoms with Gasteiger partial charge in [0.2, 0.25) is 5.91 Å². The number of nitrogens with one attached hydrogen (secondary N) is 1. The lowest BCUT2D eigenvalue weighted by Gasteiger charge is -2.09. The number of halogens is 2. The van der Waals surface area contributed by atoms with Crippen LogP contribution in [0.1, 0.15) is 12.6 Å². The van der Waals surface area contributed by atoms with E-state index in [9.17, 15) is 9.59 Å². The van der Waals surface area contributed by atoms with Crippen molar-refractivity contribution in [3.8, 4) is 17.1 Å². The Bertz CT molecular complexity index is 1410. The fraction of sp³-hybridized carbons (Fsp3) is 0.217. The number of amides is 1. The Morgan fingerprint density at radius 2 is 1.85 bits per heavy atom. The first-order chi connectivity index (χ1) is 16.3. The number of para-hydroxylation sites is 1. The van der Waals surface area contributed by atoms with Gasteiger partial charge in [0.25, 0.3) is 5.56 Å². The second kappa shape index (κ2) is 10.1. The number of benzene rings is 2. The summed E-state index contributed by atoms with van der Waals surface area (Å²) in [7, 11) is 1.78. The molecule has 4 aromatic rings. The molecular weight excluding hydrogens is 495 g/mol. The van der Waals surface area contributed by atoms with Gasteiger partial charge in [-0.2, -0.15) is 0 Å². The minimum atomic E-state index is -0.312. The van der Waals surface area contributed by atoms with Gasteiger partial charge in [0.1, 0.15) is 5.69 Å². The Hall–Kier alpha value is -3.01. The van der Waals surface area contributed by atoms with Gasteiger partial charge in [0.05, 0.1) is 22.2 Å². The summed E-state index contributed by atoms with van der Waals surface area (Å²) < 4.78 is 5.12. The van der Waals surface area contributed by atoms with E-state index in [2.05, 4.69) is 15.5 Å². The number of carbonyl (C=O) groups is 1. The largest absolute Gasteiger partial charge is 0.319 e. The van der Waals surface area contributed by atoms with Crippen LogP contribution in [0.2, 0.25) is 10.0 Å². The van der Waals surface area contributed by atoms with Gasteiger partial charge in [0.15, 0.2) is 11.0 Å². The molecule has 4 rings (SSSR count). The molecule has 34 heavy (non-hydrogen) atoms. The molecule has 0 saturated heterocycles. The van der Waals surface area contributed by atoms with Crippen LogP contribution in [0.25, 0.3) is 17.1 Å². The molecule has 0 spiro atoms. The molecule has 0 unspecified atom stereocenters. The number of hydrogen-bond acceptors (Lipinski definition) is 5. The highest BCUT2D eigenvalue weighted by Gasteiger charge is 2.20. The van der Waals surface area contributed by atoms with Gasteiger partial charge < -0.3 is 9.88 Å². The monoisotopic (exact) mass is 516 g/mol. The highest BCUT2D eigenvalue weighted by molar-refractivity contribution is 7.99. The number of thioether (sulfide) groups is 1. The van der Waals surface area contributed by atoms with Crippen molar-refractivity contribution >= 4 is 46.6 Å². The predicted octanol–water partition coefficient (Wildman–Crippen LogP) is 4.80. The minimum Gasteiger partial charge on any atom is -0.319 e. The Labute approximate surface area is 210 Å². The minimum absolute atomic E-state index is 0.0611. The highest BCUT2D eigenvalue weighted by Crippen LogP contribution is 2.31. The molecule has 0 bridgehead atoms. The molecule has 0 atom stereocenters. The van der Waals surface area contributed by atoms with E-state index in [1.165, 1.54) is 16.4 Å². The smallest absolute Gasteiger partial charge is 0.295 e. The van der Waals surface area contributed by atoms with Gasteiger partial charge in [-0.15, -0.1) is 10.2 Å². The van der Waals surface area contributed by atoms with E-state index in [1.807, 2.05) is 41.8 Å². The van der Waals surface area contributed by atoms with Crippen molar-refractivity contribution in [2.45, 2.75) is 25.5 Å². The third kappa shape index (κ3) is 4.64. The molecule has 2 aromatic carbocycles. The van der Waals surface area contributed by atoms with Gasteiger partial charge >= 0.3 is 0 Å². The molecule has 1 N–H and O–H groups in total. The molecule has 2 aromatic heterocycles. The zero-order valence-electron chi connectivity index (χ0n) is 18.7. The Morgan fingerprint density at radius 1 is 1.12 bits per heavy atom. The van der Waals surface area contributed by atoms with Crippen LogP contribution in [0, 0.1) is 6.92 Å². The highest BCUT2D eigenvalue weighted by atomic mass is 35.5. The average molecular weight is 517 g/mol. The third-order valence-electron chi connectivity index (χ3n) is 5.36. The number of nitrogens with zero attached hydrogens (tertiary/aromatic N) is 5. The summed E-state index contributed by atoms with van der Waals surface area (Å²) in [5.41, 5.74) is 2.04. The molecule has 0 aliphatic carbocycles. The van der Waals surface area contributed by atoms with Crippen molar-refractivity contribution in [2.75, 3.05) is 11.1 Å². The van der Waals surface area contributed by atoms with Crippen molar-refractivity contribution < 1.29 is 4.79 Å². The van der Waals surface area contributed by atoms with Crippen molar-refractivity contribution in [2.24, 2.45) is 7.05 Å². The molecule has 11 heteroatoms. The van der Waals surface area contributed by atoms with Gasteiger partial charge in [0, 0.05) is 24.2 Å². The lowest BCUT2D eigenvalue weighted by atomic mass is 10.2. The van der Waals surface area contributed by atoms with Gasteiger partial charge in [-0.3, -0.25) is 14.3 Å². The van der Waals surface area contributed by atoms with Crippen LogP contribution in [0.3, 0.4) is 0 Å². The molecule has 0 fully saturated rings. The maximum atomic E-state index is 13.0. The van der Waals surface area contributed by atoms with Crippen LogP contribution in [-0.4, -0.2) is 35.8 Å². The van der Waals surface area contributed by atoms with Crippen molar-refractivity contribution in [3.63, 3.8) is 0 Å². The van der Waals surface area contributed by atoms with E-state index in [0.29, 0.717) is 38.8 Å². The number of anilines is 1. The van der Waals surface area contributed by atoms with E-state index in [0.717, 1.165) is 5.69 Å². The zero-order chi connectivity index (χ0) is 24.4. The summed E-state index contributed by atoms with van der Waals surface area (Å²) in [6, 6.07) is 14.4. The lowest BCUT2D eigenvalue weighted by Crippen LogP contribution is -2.23. The SMILES string of the molecule is CCn1c(SCC(=O)Nc2c(C)n(C)n(-c3ccccc3)c2=O)nnc1-c1ccc(Cl)cc1Cl. The topological polar surface area (TPSA) is 86.7 Å². The second-order valence-electron chi connectivity index (χ2n) is 7.45. The second-order valence-corrected chi connectivity index (χ2v) is 9.23. The van der Waals surface area contributed by atoms with E-state index in [1.54, 1.807) is 36.9 Å². The number of hydrogen-bond donors (Lipinski definition) is 1. The van der Waals surface area contributed by atoms with Gasteiger partial charge in [-0.1, -0.05) is 53.2 Å². The average Bonchev–Trinajstić information content (AvgIpc) is 3.32. The summed E-state index contributed by atoms with van der Waals surface area (Å²) >= 11 is 13.6. The fourth-order valence-corrected chi connectivity index (χ4v) is 4.86. The van der Waals surface area contributed by atoms with Crippen LogP contribution in [0.15, 0.2) is 58.5 Å². The summed E-state index contributed by atoms with van der Waals surface area (Å²) in [6.45, 7) is 4.34. The quantitative estimate of drug-likeness (QED) is 0.356. The van der Waals surface area contributed by atoms with Gasteiger partial charge in [-0.25, -0.2) is 4.68 Å². The molecule has 0 saturated carbocycles. The zero-order valence-corrected chi connectivity index (χ0v) is 21.1. The molecule has 0 aliphatic rings. The number of rotatable bonds is 7. The summed E-state index contributed by atoms with van der Waals surface area (Å²) in [6.07, 6.45) is 0. The van der Waals surface area contributed by atoms with E-state index >= 15 is 0 Å². The Kier molecular flexibility index (Phi) is 7.16. The van der Waals surface area contributed by atoms with Crippen LogP contribution in [0.5, 0.6) is 0 Å². The summed E-state index contributed by atoms with van der Waals surface area (Å²) in [5, 5.41) is 12.8. The molecule has 2 heterocycles. The summed E-state index contributed by atoms with van der Waals surface area (Å²) in [4.78, 5) is 25.7. The van der Waals surface area contributed by atoms with E-state index in [4.69, 9.17) is 23.2 Å². The molecule has 1 amide bonds. The van der Waals surface area contributed by atoms with Crippen molar-refractivity contribution in [3.05, 3.63) is 74.6 Å². The number of carbonyl (C=O) groups excluding carboxylic acids is 1. The van der Waals surface area contributed by atoms with Crippen molar-refractivity contribution in [1.29, 1.82) is 0 Å². The van der Waals surface area contributed by atoms with Crippen LogP contribution in [-0.2, 0) is 18.4 Å². The van der Waals surface area contributed by atoms with Gasteiger partial charge in [-0.05, 0) is 44.2 Å². The molecule has 176 valence electrons. The maximum absolute atomic E-state index is 13.0. The normalized spacial score (nSPS) is 11.1. The number of aromatic nitrogens is 5. The summed E-state index contributed by atoms with van der Waals surface area (Å²) in [5.74, 6) is 0.343. The first-order valence-electron chi connectivity index (χ1n) is 10.5. The Morgan fingerprint density at radius 3 is 2.53 bits per heavy atom. The van der Waals surface area contributed by atoms with Crippen LogP contribution >= 0.6 is 35.0 Å². The molecule has 0 aliphatic heterocycles. The molecular formula is C23H22Cl2N6O2S. The maximum Gasteiger partial charge on any atom is 0.295 e. The standard InChI is InChI=1S/C23H22Cl2N6O2S/c1-4-30-21(17-11-10-15(24)12-18(17)25)27-28-23(30)34-13-19(32)26-20-14(2)29(3)31(22(20)33)16-8-6-5-7-9-16/h5-12H,4,13H2,1-3H3,(H,26,32). The van der Waals surface area contributed by atoms with Crippen molar-refractivity contribution in [1.82, 2.24) is 24.1 Å². The predicted molar refractivity (Wildman–Crippen MR) is 136 cm³/mol. The first-order valence-corrected chi connectivity index (χ1v) is 12.2. The van der Waals surface area contributed by atoms with Crippen LogP contribution in [0.4, 0.5) is 5.69 Å². The molecule has 0 radical (unpaired) electrons. The van der Waals surface area contributed by atoms with E-state index in [-0.39, 0.29) is 22.9 Å². The fourth-order valence-electron chi connectivity index (χ4n) is 3.57.